The predicted octanol–water partition coefficient (Wildman–Crippen LogP) is 4.43. The normalized spacial score (nSPS) is 15.1. The zero-order valence-electron chi connectivity index (χ0n) is 20.6. The average Bonchev–Trinajstić information content (AvgIpc) is 3.25. The van der Waals surface area contributed by atoms with Crippen LogP contribution in [0.25, 0.3) is 28.0 Å². The monoisotopic (exact) mass is 495 g/mol. The van der Waals surface area contributed by atoms with E-state index in [0.29, 0.717) is 34.3 Å². The van der Waals surface area contributed by atoms with E-state index < -0.39 is 5.82 Å². The molecule has 0 amide bonds. The summed E-state index contributed by atoms with van der Waals surface area (Å²) in [4.78, 5) is 15.1. The van der Waals surface area contributed by atoms with Gasteiger partial charge in [0.05, 0.1) is 22.8 Å². The van der Waals surface area contributed by atoms with Gasteiger partial charge >= 0.3 is 0 Å². The maximum Gasteiger partial charge on any atom is 0.173 e. The van der Waals surface area contributed by atoms with E-state index in [1.54, 1.807) is 41.3 Å². The van der Waals surface area contributed by atoms with Crippen molar-refractivity contribution in [2.75, 3.05) is 13.1 Å². The molecule has 186 valence electrons. The maximum absolute atomic E-state index is 14.5. The largest absolute Gasteiger partial charge is 0.507 e. The third-order valence-corrected chi connectivity index (χ3v) is 6.99. The molecule has 1 unspecified atom stereocenters. The number of nitrogens with zero attached hydrogens (tertiary/aromatic N) is 7. The lowest BCUT2D eigenvalue weighted by molar-refractivity contribution is 0.0975. The molecule has 1 fully saturated rings. The van der Waals surface area contributed by atoms with Gasteiger partial charge in [-0.15, -0.1) is 0 Å². The number of phenols is 1. The molecule has 1 aliphatic heterocycles. The van der Waals surface area contributed by atoms with Gasteiger partial charge < -0.3 is 9.51 Å². The molecule has 4 aromatic heterocycles. The fourth-order valence-corrected chi connectivity index (χ4v) is 4.90. The summed E-state index contributed by atoms with van der Waals surface area (Å²) in [6.45, 7) is 5.87. The lowest BCUT2D eigenvalue weighted by Crippen LogP contribution is -2.50. The average molecular weight is 496 g/mol. The smallest absolute Gasteiger partial charge is 0.173 e. The molecular weight excluding hydrogens is 469 g/mol. The second kappa shape index (κ2) is 9.33. The molecule has 6 rings (SSSR count). The number of halogens is 1. The molecule has 0 spiro atoms. The molecule has 1 saturated heterocycles. The summed E-state index contributed by atoms with van der Waals surface area (Å²) in [5, 5.41) is 19.6. The van der Waals surface area contributed by atoms with Crippen molar-refractivity contribution in [1.82, 2.24) is 34.4 Å². The number of aromatic hydroxyl groups is 1. The molecule has 0 bridgehead atoms. The zero-order chi connectivity index (χ0) is 25.5. The predicted molar refractivity (Wildman–Crippen MR) is 138 cm³/mol. The number of hydrogen-bond acceptors (Lipinski definition) is 7. The minimum absolute atomic E-state index is 0.0644. The Morgan fingerprint density at radius 2 is 1.92 bits per heavy atom. The van der Waals surface area contributed by atoms with Crippen molar-refractivity contribution in [2.24, 2.45) is 0 Å². The number of hydrogen-bond donors (Lipinski definition) is 1. The van der Waals surface area contributed by atoms with Crippen molar-refractivity contribution in [3.8, 4) is 28.1 Å². The Morgan fingerprint density at radius 1 is 1.05 bits per heavy atom. The number of benzene rings is 1. The molecule has 9 heteroatoms. The van der Waals surface area contributed by atoms with E-state index in [1.807, 2.05) is 31.3 Å². The summed E-state index contributed by atoms with van der Waals surface area (Å²) in [6.07, 6.45) is 9.67. The lowest BCUT2D eigenvalue weighted by atomic mass is 9.93. The molecule has 8 nitrogen and oxygen atoms in total. The Bertz CT molecular complexity index is 1560. The molecule has 5 heterocycles. The molecular formula is C28H26FN7O. The van der Waals surface area contributed by atoms with Crippen LogP contribution in [0.2, 0.25) is 0 Å². The fraction of sp³-hybridized carbons (Fsp3) is 0.250. The molecule has 1 N–H and O–H groups in total. The van der Waals surface area contributed by atoms with Gasteiger partial charge in [0, 0.05) is 73.6 Å². The lowest BCUT2D eigenvalue weighted by Gasteiger charge is -2.42. The number of aromatic nitrogens is 6. The van der Waals surface area contributed by atoms with Crippen LogP contribution in [0.3, 0.4) is 0 Å². The van der Waals surface area contributed by atoms with Gasteiger partial charge in [-0.1, -0.05) is 6.07 Å². The molecule has 1 aliphatic rings. The van der Waals surface area contributed by atoms with Crippen LogP contribution in [0.5, 0.6) is 5.75 Å². The van der Waals surface area contributed by atoms with Crippen LogP contribution in [-0.2, 0) is 6.42 Å². The van der Waals surface area contributed by atoms with Crippen LogP contribution in [0.4, 0.5) is 4.39 Å². The van der Waals surface area contributed by atoms with Gasteiger partial charge in [0.25, 0.3) is 0 Å². The van der Waals surface area contributed by atoms with Gasteiger partial charge in [-0.3, -0.25) is 14.9 Å². The maximum atomic E-state index is 14.5. The standard InChI is InChI=1S/C28H26FN7O/c1-17-13-36-14-20(10-24(29)28(36)32-17)19-3-4-23(27(37)11-19)26-6-5-25(33-34-26)21-15-35(16-21)18(2)9-22-12-30-7-8-31-22/h3-8,10-14,18,21,37H,9,15-16H2,1-2H3. The van der Waals surface area contributed by atoms with Crippen molar-refractivity contribution >= 4 is 5.65 Å². The van der Waals surface area contributed by atoms with Crippen LogP contribution in [0.15, 0.2) is 67.4 Å². The molecule has 0 radical (unpaired) electrons. The first-order valence-corrected chi connectivity index (χ1v) is 12.3. The van der Waals surface area contributed by atoms with Crippen molar-refractivity contribution in [2.45, 2.75) is 32.2 Å². The highest BCUT2D eigenvalue weighted by Gasteiger charge is 2.32. The molecule has 0 aliphatic carbocycles. The number of fused-ring (bicyclic) bond motifs is 1. The fourth-order valence-electron chi connectivity index (χ4n) is 4.90. The van der Waals surface area contributed by atoms with E-state index in [4.69, 9.17) is 0 Å². The van der Waals surface area contributed by atoms with E-state index in [0.717, 1.165) is 36.6 Å². The topological polar surface area (TPSA) is 92.3 Å². The highest BCUT2D eigenvalue weighted by molar-refractivity contribution is 5.74. The Labute approximate surface area is 213 Å². The van der Waals surface area contributed by atoms with Crippen LogP contribution < -0.4 is 0 Å². The molecule has 1 aromatic carbocycles. The number of phenolic OH excluding ortho intramolecular Hbond substituents is 1. The van der Waals surface area contributed by atoms with E-state index in [2.05, 4.69) is 37.0 Å². The van der Waals surface area contributed by atoms with E-state index in [-0.39, 0.29) is 11.4 Å². The number of aryl methyl sites for hydroxylation is 1. The van der Waals surface area contributed by atoms with Crippen LogP contribution in [0, 0.1) is 12.7 Å². The van der Waals surface area contributed by atoms with Gasteiger partial charge in [0.1, 0.15) is 5.75 Å². The molecule has 1 atom stereocenters. The minimum atomic E-state index is -0.409. The summed E-state index contributed by atoms with van der Waals surface area (Å²) >= 11 is 0. The van der Waals surface area contributed by atoms with Gasteiger partial charge in [-0.05, 0) is 49.7 Å². The first kappa shape index (κ1) is 23.2. The molecule has 0 saturated carbocycles. The van der Waals surface area contributed by atoms with E-state index in [1.165, 1.54) is 6.07 Å². The Kier molecular flexibility index (Phi) is 5.84. The summed E-state index contributed by atoms with van der Waals surface area (Å²) in [6, 6.07) is 10.9. The van der Waals surface area contributed by atoms with Crippen LogP contribution in [-0.4, -0.2) is 58.7 Å². The SMILES string of the molecule is Cc1cn2cc(-c3ccc(-c4ccc(C5CN(C(C)Cc6cnccn6)C5)nn4)c(O)c3)cc(F)c2n1. The highest BCUT2D eigenvalue weighted by Crippen LogP contribution is 2.34. The second-order valence-electron chi connectivity index (χ2n) is 9.67. The van der Waals surface area contributed by atoms with Crippen molar-refractivity contribution in [3.63, 3.8) is 0 Å². The number of imidazole rings is 1. The number of rotatable bonds is 6. The van der Waals surface area contributed by atoms with Crippen molar-refractivity contribution in [3.05, 3.63) is 90.3 Å². The van der Waals surface area contributed by atoms with E-state index >= 15 is 0 Å². The van der Waals surface area contributed by atoms with Gasteiger partial charge in [-0.2, -0.15) is 10.2 Å². The van der Waals surface area contributed by atoms with Crippen LogP contribution in [0.1, 0.15) is 29.9 Å². The molecule has 37 heavy (non-hydrogen) atoms. The Hall–Kier alpha value is -4.24. The summed E-state index contributed by atoms with van der Waals surface area (Å²) < 4.78 is 16.2. The Morgan fingerprint density at radius 3 is 2.65 bits per heavy atom. The summed E-state index contributed by atoms with van der Waals surface area (Å²) in [7, 11) is 0. The summed E-state index contributed by atoms with van der Waals surface area (Å²) in [5.74, 6) is -0.0127. The third kappa shape index (κ3) is 4.53. The van der Waals surface area contributed by atoms with Crippen molar-refractivity contribution in [1.29, 1.82) is 0 Å². The van der Waals surface area contributed by atoms with E-state index in [9.17, 15) is 9.50 Å². The third-order valence-electron chi connectivity index (χ3n) is 6.99. The van der Waals surface area contributed by atoms with Crippen molar-refractivity contribution < 1.29 is 9.50 Å². The first-order chi connectivity index (χ1) is 17.9. The van der Waals surface area contributed by atoms with Gasteiger partial charge in [0.2, 0.25) is 0 Å². The second-order valence-corrected chi connectivity index (χ2v) is 9.67. The number of likely N-dealkylation sites (tertiary alicyclic amines) is 1. The Balaban J connectivity index is 1.14. The molecule has 5 aromatic rings. The zero-order valence-corrected chi connectivity index (χ0v) is 20.6. The minimum Gasteiger partial charge on any atom is -0.507 e. The van der Waals surface area contributed by atoms with Crippen LogP contribution >= 0.6 is 0 Å². The highest BCUT2D eigenvalue weighted by atomic mass is 19.1. The first-order valence-electron chi connectivity index (χ1n) is 12.3. The quantitative estimate of drug-likeness (QED) is 0.373. The number of pyridine rings is 1. The van der Waals surface area contributed by atoms with Gasteiger partial charge in [-0.25, -0.2) is 9.37 Å². The summed E-state index contributed by atoms with van der Waals surface area (Å²) in [5.41, 5.74) is 5.48. The van der Waals surface area contributed by atoms with Gasteiger partial charge in [0.15, 0.2) is 11.5 Å².